The molecule has 0 aliphatic carbocycles. The Morgan fingerprint density at radius 1 is 1.50 bits per heavy atom. The summed E-state index contributed by atoms with van der Waals surface area (Å²) >= 11 is 0. The van der Waals surface area contributed by atoms with Gasteiger partial charge in [-0.2, -0.15) is 0 Å². The topological polar surface area (TPSA) is 32.3 Å². The highest BCUT2D eigenvalue weighted by molar-refractivity contribution is 5.73. The number of carbonyl (C=O) groups excluding carboxylic acids is 1. The minimum atomic E-state index is 0.224. The van der Waals surface area contributed by atoms with Gasteiger partial charge in [0, 0.05) is 26.1 Å². The average molecular weight is 168 g/mol. The summed E-state index contributed by atoms with van der Waals surface area (Å²) in [6.45, 7) is 4.70. The molecule has 2 aliphatic heterocycles. The van der Waals surface area contributed by atoms with Gasteiger partial charge in [-0.05, 0) is 25.3 Å². The van der Waals surface area contributed by atoms with E-state index in [0.717, 1.165) is 25.6 Å². The Morgan fingerprint density at radius 2 is 2.33 bits per heavy atom. The zero-order valence-electron chi connectivity index (χ0n) is 7.55. The van der Waals surface area contributed by atoms with Crippen molar-refractivity contribution < 1.29 is 4.79 Å². The SMILES string of the molecule is CC(=O)N1CCC2CCNC2C1. The highest BCUT2D eigenvalue weighted by atomic mass is 16.2. The fourth-order valence-electron chi connectivity index (χ4n) is 2.32. The van der Waals surface area contributed by atoms with E-state index >= 15 is 0 Å². The summed E-state index contributed by atoms with van der Waals surface area (Å²) in [5.41, 5.74) is 0. The number of nitrogens with one attached hydrogen (secondary N) is 1. The van der Waals surface area contributed by atoms with E-state index in [1.165, 1.54) is 12.8 Å². The molecule has 0 aromatic carbocycles. The van der Waals surface area contributed by atoms with Crippen LogP contribution in [-0.4, -0.2) is 36.5 Å². The molecule has 0 aromatic heterocycles. The quantitative estimate of drug-likeness (QED) is 0.561. The molecule has 2 fully saturated rings. The molecule has 2 saturated heterocycles. The van der Waals surface area contributed by atoms with Gasteiger partial charge in [0.15, 0.2) is 0 Å². The van der Waals surface area contributed by atoms with E-state index in [1.807, 2.05) is 4.90 Å². The third-order valence-electron chi connectivity index (χ3n) is 3.12. The Kier molecular flexibility index (Phi) is 2.05. The minimum Gasteiger partial charge on any atom is -0.341 e. The van der Waals surface area contributed by atoms with E-state index in [2.05, 4.69) is 5.32 Å². The first-order valence-electron chi connectivity index (χ1n) is 4.76. The van der Waals surface area contributed by atoms with Crippen LogP contribution in [0, 0.1) is 5.92 Å². The smallest absolute Gasteiger partial charge is 0.219 e. The summed E-state index contributed by atoms with van der Waals surface area (Å²) in [4.78, 5) is 13.0. The van der Waals surface area contributed by atoms with Crippen LogP contribution >= 0.6 is 0 Å². The van der Waals surface area contributed by atoms with Crippen molar-refractivity contribution in [3.8, 4) is 0 Å². The van der Waals surface area contributed by atoms with Gasteiger partial charge < -0.3 is 10.2 Å². The average Bonchev–Trinajstić information content (AvgIpc) is 2.49. The van der Waals surface area contributed by atoms with Crippen LogP contribution in [0.3, 0.4) is 0 Å². The third-order valence-corrected chi connectivity index (χ3v) is 3.12. The first-order valence-corrected chi connectivity index (χ1v) is 4.76. The lowest BCUT2D eigenvalue weighted by molar-refractivity contribution is -0.130. The maximum Gasteiger partial charge on any atom is 0.219 e. The molecule has 1 amide bonds. The Balaban J connectivity index is 1.96. The number of nitrogens with zero attached hydrogens (tertiary/aromatic N) is 1. The van der Waals surface area contributed by atoms with Crippen molar-refractivity contribution in [3.63, 3.8) is 0 Å². The molecule has 2 heterocycles. The molecule has 0 saturated carbocycles. The number of hydrogen-bond donors (Lipinski definition) is 1. The van der Waals surface area contributed by atoms with Crippen molar-refractivity contribution in [3.05, 3.63) is 0 Å². The Morgan fingerprint density at radius 3 is 3.08 bits per heavy atom. The van der Waals surface area contributed by atoms with Crippen LogP contribution in [-0.2, 0) is 4.79 Å². The number of likely N-dealkylation sites (tertiary alicyclic amines) is 1. The van der Waals surface area contributed by atoms with Crippen LogP contribution in [0.4, 0.5) is 0 Å². The van der Waals surface area contributed by atoms with Crippen LogP contribution in [0.5, 0.6) is 0 Å². The molecule has 12 heavy (non-hydrogen) atoms. The maximum absolute atomic E-state index is 11.1. The lowest BCUT2D eigenvalue weighted by atomic mass is 9.93. The fourth-order valence-corrected chi connectivity index (χ4v) is 2.32. The summed E-state index contributed by atoms with van der Waals surface area (Å²) in [6.07, 6.45) is 2.49. The van der Waals surface area contributed by atoms with Crippen molar-refractivity contribution in [2.45, 2.75) is 25.8 Å². The van der Waals surface area contributed by atoms with Gasteiger partial charge in [-0.3, -0.25) is 4.79 Å². The van der Waals surface area contributed by atoms with Crippen molar-refractivity contribution in [2.75, 3.05) is 19.6 Å². The molecular weight excluding hydrogens is 152 g/mol. The van der Waals surface area contributed by atoms with Gasteiger partial charge in [0.05, 0.1) is 0 Å². The molecule has 3 nitrogen and oxygen atoms in total. The van der Waals surface area contributed by atoms with E-state index in [1.54, 1.807) is 6.92 Å². The number of amides is 1. The lowest BCUT2D eigenvalue weighted by Gasteiger charge is -2.34. The lowest BCUT2D eigenvalue weighted by Crippen LogP contribution is -2.47. The Hall–Kier alpha value is -0.570. The van der Waals surface area contributed by atoms with Crippen LogP contribution in [0.2, 0.25) is 0 Å². The molecule has 0 aromatic rings. The normalized spacial score (nSPS) is 34.9. The van der Waals surface area contributed by atoms with Crippen molar-refractivity contribution in [2.24, 2.45) is 5.92 Å². The van der Waals surface area contributed by atoms with Gasteiger partial charge in [-0.15, -0.1) is 0 Å². The second-order valence-electron chi connectivity index (χ2n) is 3.86. The van der Waals surface area contributed by atoms with Gasteiger partial charge in [-0.1, -0.05) is 0 Å². The number of piperidine rings is 1. The van der Waals surface area contributed by atoms with E-state index in [-0.39, 0.29) is 5.91 Å². The van der Waals surface area contributed by atoms with E-state index < -0.39 is 0 Å². The summed E-state index contributed by atoms with van der Waals surface area (Å²) in [5.74, 6) is 1.06. The van der Waals surface area contributed by atoms with Crippen LogP contribution < -0.4 is 5.32 Å². The molecule has 3 heteroatoms. The number of rotatable bonds is 0. The van der Waals surface area contributed by atoms with Crippen LogP contribution in [0.25, 0.3) is 0 Å². The highest BCUT2D eigenvalue weighted by Gasteiger charge is 2.33. The molecule has 0 bridgehead atoms. The molecule has 0 radical (unpaired) electrons. The second kappa shape index (κ2) is 3.05. The van der Waals surface area contributed by atoms with Crippen LogP contribution in [0.1, 0.15) is 19.8 Å². The number of carbonyl (C=O) groups is 1. The summed E-state index contributed by atoms with van der Waals surface area (Å²) in [7, 11) is 0. The fraction of sp³-hybridized carbons (Fsp3) is 0.889. The monoisotopic (exact) mass is 168 g/mol. The molecule has 2 atom stereocenters. The Labute approximate surface area is 73.1 Å². The molecule has 0 spiro atoms. The second-order valence-corrected chi connectivity index (χ2v) is 3.86. The van der Waals surface area contributed by atoms with Gasteiger partial charge >= 0.3 is 0 Å². The highest BCUT2D eigenvalue weighted by Crippen LogP contribution is 2.24. The number of hydrogen-bond acceptors (Lipinski definition) is 2. The number of fused-ring (bicyclic) bond motifs is 1. The summed E-state index contributed by atoms with van der Waals surface area (Å²) < 4.78 is 0. The van der Waals surface area contributed by atoms with E-state index in [4.69, 9.17) is 0 Å². The predicted molar refractivity (Wildman–Crippen MR) is 46.8 cm³/mol. The summed E-state index contributed by atoms with van der Waals surface area (Å²) in [6, 6.07) is 0.586. The zero-order valence-corrected chi connectivity index (χ0v) is 7.55. The van der Waals surface area contributed by atoms with Crippen LogP contribution in [0.15, 0.2) is 0 Å². The largest absolute Gasteiger partial charge is 0.341 e. The zero-order chi connectivity index (χ0) is 8.55. The van der Waals surface area contributed by atoms with Crippen molar-refractivity contribution in [1.82, 2.24) is 10.2 Å². The van der Waals surface area contributed by atoms with Gasteiger partial charge in [0.25, 0.3) is 0 Å². The van der Waals surface area contributed by atoms with E-state index in [0.29, 0.717) is 6.04 Å². The molecule has 2 aliphatic rings. The third kappa shape index (κ3) is 1.33. The first-order chi connectivity index (χ1) is 5.77. The minimum absolute atomic E-state index is 0.224. The standard InChI is InChI=1S/C9H16N2O/c1-7(12)11-5-3-8-2-4-10-9(8)6-11/h8-10H,2-6H2,1H3. The first kappa shape index (κ1) is 8.05. The Bertz CT molecular complexity index is 193. The van der Waals surface area contributed by atoms with Gasteiger partial charge in [0.1, 0.15) is 0 Å². The van der Waals surface area contributed by atoms with Crippen molar-refractivity contribution >= 4 is 5.91 Å². The molecule has 2 rings (SSSR count). The molecular formula is C9H16N2O. The van der Waals surface area contributed by atoms with Gasteiger partial charge in [-0.25, -0.2) is 0 Å². The molecule has 68 valence electrons. The van der Waals surface area contributed by atoms with Gasteiger partial charge in [0.2, 0.25) is 5.91 Å². The molecule has 2 unspecified atom stereocenters. The molecule has 1 N–H and O–H groups in total. The van der Waals surface area contributed by atoms with Crippen molar-refractivity contribution in [1.29, 1.82) is 0 Å². The predicted octanol–water partition coefficient (Wildman–Crippen LogP) is 0.217. The maximum atomic E-state index is 11.1. The van der Waals surface area contributed by atoms with E-state index in [9.17, 15) is 4.79 Å². The summed E-state index contributed by atoms with van der Waals surface area (Å²) in [5, 5.41) is 3.45.